The van der Waals surface area contributed by atoms with Gasteiger partial charge >= 0.3 is 0 Å². The van der Waals surface area contributed by atoms with Crippen molar-refractivity contribution in [2.45, 2.75) is 23.8 Å². The van der Waals surface area contributed by atoms with Crippen molar-refractivity contribution >= 4 is 17.5 Å². The lowest BCUT2D eigenvalue weighted by molar-refractivity contribution is -0.112. The van der Waals surface area contributed by atoms with Gasteiger partial charge in [0, 0.05) is 11.3 Å². The zero-order chi connectivity index (χ0) is 23.6. The van der Waals surface area contributed by atoms with Crippen molar-refractivity contribution in [2.24, 2.45) is 0 Å². The van der Waals surface area contributed by atoms with E-state index in [1.54, 1.807) is 24.8 Å². The molecule has 4 aromatic rings. The molecular formula is C31H28O2S. The van der Waals surface area contributed by atoms with E-state index in [-0.39, 0.29) is 5.78 Å². The first-order valence-corrected chi connectivity index (χ1v) is 12.2. The van der Waals surface area contributed by atoms with Gasteiger partial charge in [0.25, 0.3) is 0 Å². The molecule has 0 atom stereocenters. The summed E-state index contributed by atoms with van der Waals surface area (Å²) in [6.45, 7) is 2.05. The van der Waals surface area contributed by atoms with Gasteiger partial charge in [-0.1, -0.05) is 121 Å². The molecule has 0 bridgehead atoms. The Balaban J connectivity index is 1.69. The van der Waals surface area contributed by atoms with Crippen LogP contribution in [0.15, 0.2) is 137 Å². The summed E-state index contributed by atoms with van der Waals surface area (Å²) in [6.07, 6.45) is 2.35. The van der Waals surface area contributed by atoms with E-state index in [2.05, 4.69) is 48.5 Å². The number of rotatable bonds is 10. The van der Waals surface area contributed by atoms with Crippen LogP contribution in [0.3, 0.4) is 0 Å². The minimum absolute atomic E-state index is 0.0406. The highest BCUT2D eigenvalue weighted by molar-refractivity contribution is 8.03. The maximum Gasteiger partial charge on any atom is 0.153 e. The SMILES string of the molecule is CC(=O)/C=C(/CCOC(c1ccccc1)(c1ccccc1)c1ccccc1)Sc1ccccc1. The summed E-state index contributed by atoms with van der Waals surface area (Å²) in [5, 5.41) is 0. The topological polar surface area (TPSA) is 26.3 Å². The van der Waals surface area contributed by atoms with Crippen molar-refractivity contribution in [3.8, 4) is 0 Å². The van der Waals surface area contributed by atoms with Crippen molar-refractivity contribution in [1.82, 2.24) is 0 Å². The minimum atomic E-state index is -0.761. The van der Waals surface area contributed by atoms with E-state index >= 15 is 0 Å². The quantitative estimate of drug-likeness (QED) is 0.137. The van der Waals surface area contributed by atoms with Crippen LogP contribution in [0.25, 0.3) is 0 Å². The number of thioether (sulfide) groups is 1. The molecule has 0 aliphatic rings. The van der Waals surface area contributed by atoms with E-state index in [9.17, 15) is 4.79 Å². The van der Waals surface area contributed by atoms with Crippen LogP contribution in [-0.2, 0) is 15.1 Å². The largest absolute Gasteiger partial charge is 0.360 e. The molecule has 4 rings (SSSR count). The fourth-order valence-electron chi connectivity index (χ4n) is 4.09. The van der Waals surface area contributed by atoms with Crippen LogP contribution in [0, 0.1) is 0 Å². The first kappa shape index (κ1) is 23.7. The van der Waals surface area contributed by atoms with E-state index in [4.69, 9.17) is 4.74 Å². The number of carbonyl (C=O) groups is 1. The molecule has 0 spiro atoms. The molecule has 0 saturated carbocycles. The van der Waals surface area contributed by atoms with Crippen molar-refractivity contribution in [2.75, 3.05) is 6.61 Å². The fraction of sp³-hybridized carbons (Fsp3) is 0.129. The molecule has 0 amide bonds. The predicted molar refractivity (Wildman–Crippen MR) is 141 cm³/mol. The van der Waals surface area contributed by atoms with Crippen molar-refractivity contribution < 1.29 is 9.53 Å². The second kappa shape index (κ2) is 11.6. The van der Waals surface area contributed by atoms with Gasteiger partial charge in [-0.25, -0.2) is 0 Å². The van der Waals surface area contributed by atoms with Gasteiger partial charge < -0.3 is 4.74 Å². The van der Waals surface area contributed by atoms with E-state index in [0.717, 1.165) is 26.5 Å². The smallest absolute Gasteiger partial charge is 0.153 e. The number of ether oxygens (including phenoxy) is 1. The third kappa shape index (κ3) is 5.74. The molecule has 0 N–H and O–H groups in total. The highest BCUT2D eigenvalue weighted by atomic mass is 32.2. The number of ketones is 1. The molecule has 170 valence electrons. The van der Waals surface area contributed by atoms with Crippen LogP contribution in [0.2, 0.25) is 0 Å². The second-order valence-corrected chi connectivity index (χ2v) is 9.21. The third-order valence-electron chi connectivity index (χ3n) is 5.56. The van der Waals surface area contributed by atoms with Crippen LogP contribution in [0.1, 0.15) is 30.0 Å². The molecule has 0 aliphatic heterocycles. The summed E-state index contributed by atoms with van der Waals surface area (Å²) in [7, 11) is 0. The molecule has 0 saturated heterocycles. The molecule has 0 unspecified atom stereocenters. The number of hydrogen-bond acceptors (Lipinski definition) is 3. The normalized spacial score (nSPS) is 11.9. The van der Waals surface area contributed by atoms with Crippen molar-refractivity contribution in [3.05, 3.63) is 149 Å². The van der Waals surface area contributed by atoms with Crippen LogP contribution in [-0.4, -0.2) is 12.4 Å². The monoisotopic (exact) mass is 464 g/mol. The molecule has 0 fully saturated rings. The van der Waals surface area contributed by atoms with Gasteiger partial charge in [-0.05, 0) is 46.7 Å². The lowest BCUT2D eigenvalue weighted by Gasteiger charge is -2.36. The molecule has 0 heterocycles. The highest BCUT2D eigenvalue weighted by Crippen LogP contribution is 2.41. The first-order valence-electron chi connectivity index (χ1n) is 11.4. The lowest BCUT2D eigenvalue weighted by atomic mass is 9.80. The average Bonchev–Trinajstić information content (AvgIpc) is 2.88. The van der Waals surface area contributed by atoms with Crippen LogP contribution >= 0.6 is 11.8 Å². The zero-order valence-corrected chi connectivity index (χ0v) is 20.1. The Bertz CT molecular complexity index is 1110. The van der Waals surface area contributed by atoms with Crippen LogP contribution < -0.4 is 0 Å². The van der Waals surface area contributed by atoms with Crippen LogP contribution in [0.4, 0.5) is 0 Å². The van der Waals surface area contributed by atoms with Gasteiger partial charge in [-0.2, -0.15) is 0 Å². The van der Waals surface area contributed by atoms with Gasteiger partial charge in [0.1, 0.15) is 5.60 Å². The molecule has 0 aliphatic carbocycles. The molecule has 4 aromatic carbocycles. The first-order chi connectivity index (χ1) is 16.7. The Morgan fingerprint density at radius 2 is 1.12 bits per heavy atom. The summed E-state index contributed by atoms with van der Waals surface area (Å²) in [5.41, 5.74) is 2.45. The summed E-state index contributed by atoms with van der Waals surface area (Å²) < 4.78 is 6.87. The van der Waals surface area contributed by atoms with E-state index in [1.165, 1.54) is 0 Å². The van der Waals surface area contributed by atoms with Gasteiger partial charge in [-0.15, -0.1) is 0 Å². The van der Waals surface area contributed by atoms with Gasteiger partial charge in [0.2, 0.25) is 0 Å². The number of allylic oxidation sites excluding steroid dienone is 1. The highest BCUT2D eigenvalue weighted by Gasteiger charge is 2.37. The Morgan fingerprint density at radius 3 is 1.53 bits per heavy atom. The number of hydrogen-bond donors (Lipinski definition) is 0. The van der Waals surface area contributed by atoms with E-state index < -0.39 is 5.60 Å². The van der Waals surface area contributed by atoms with Crippen molar-refractivity contribution in [3.63, 3.8) is 0 Å². The predicted octanol–water partition coefficient (Wildman–Crippen LogP) is 7.65. The maximum atomic E-state index is 11.9. The lowest BCUT2D eigenvalue weighted by Crippen LogP contribution is -2.33. The molecule has 3 heteroatoms. The zero-order valence-electron chi connectivity index (χ0n) is 19.3. The fourth-order valence-corrected chi connectivity index (χ4v) is 5.10. The average molecular weight is 465 g/mol. The summed E-state index contributed by atoms with van der Waals surface area (Å²) >= 11 is 1.62. The Labute approximate surface area is 206 Å². The summed E-state index contributed by atoms with van der Waals surface area (Å²) in [6, 6.07) is 41.2. The molecule has 34 heavy (non-hydrogen) atoms. The Hall–Kier alpha value is -3.40. The number of carbonyl (C=O) groups excluding carboxylic acids is 1. The van der Waals surface area contributed by atoms with Crippen LogP contribution in [0.5, 0.6) is 0 Å². The molecule has 0 aromatic heterocycles. The standard InChI is InChI=1S/C31H28O2S/c1-25(32)24-30(34-29-20-12-5-13-21-29)22-23-33-31(26-14-6-2-7-15-26,27-16-8-3-9-17-27)28-18-10-4-11-19-28/h2-21,24H,22-23H2,1H3/b30-24-. The summed E-state index contributed by atoms with van der Waals surface area (Å²) in [4.78, 5) is 14.0. The van der Waals surface area contributed by atoms with Crippen molar-refractivity contribution in [1.29, 1.82) is 0 Å². The van der Waals surface area contributed by atoms with Gasteiger partial charge in [0.05, 0.1) is 6.61 Å². The molecular weight excluding hydrogens is 436 g/mol. The van der Waals surface area contributed by atoms with Gasteiger partial charge in [0.15, 0.2) is 5.78 Å². The summed E-state index contributed by atoms with van der Waals surface area (Å²) in [5.74, 6) is 0.0406. The Morgan fingerprint density at radius 1 is 0.706 bits per heavy atom. The minimum Gasteiger partial charge on any atom is -0.360 e. The van der Waals surface area contributed by atoms with E-state index in [0.29, 0.717) is 13.0 Å². The Kier molecular flexibility index (Phi) is 8.13. The molecule has 2 nitrogen and oxygen atoms in total. The molecule has 0 radical (unpaired) electrons. The number of benzene rings is 4. The second-order valence-electron chi connectivity index (χ2n) is 8.01. The maximum absolute atomic E-state index is 11.9. The third-order valence-corrected chi connectivity index (χ3v) is 6.66. The van der Waals surface area contributed by atoms with E-state index in [1.807, 2.05) is 72.8 Å². The van der Waals surface area contributed by atoms with Gasteiger partial charge in [-0.3, -0.25) is 4.79 Å².